The molecule has 1 aromatic rings. The Labute approximate surface area is 102 Å². The van der Waals surface area contributed by atoms with E-state index in [1.54, 1.807) is 0 Å². The molecule has 1 aromatic carbocycles. The molecule has 0 heterocycles. The number of aliphatic hydroxyl groups is 2. The highest BCUT2D eigenvalue weighted by Crippen LogP contribution is 2.19. The standard InChI is InChI=1S/C13H22N2O2/c1-2-15-9-10-4-3-5-11(8-10)13(17)12(16)6-7-14/h3-5,8,12-13,15-17H,2,6-7,9,14H2,1H3. The molecule has 0 aromatic heterocycles. The van der Waals surface area contributed by atoms with Crippen LogP contribution in [0.3, 0.4) is 0 Å². The van der Waals surface area contributed by atoms with Crippen LogP contribution in [0.2, 0.25) is 0 Å². The summed E-state index contributed by atoms with van der Waals surface area (Å²) in [5.74, 6) is 0. The summed E-state index contributed by atoms with van der Waals surface area (Å²) in [6.07, 6.45) is -1.26. The second-order valence-electron chi connectivity index (χ2n) is 4.11. The van der Waals surface area contributed by atoms with Gasteiger partial charge in [0, 0.05) is 6.54 Å². The van der Waals surface area contributed by atoms with Gasteiger partial charge in [-0.3, -0.25) is 0 Å². The average molecular weight is 238 g/mol. The first-order chi connectivity index (χ1) is 8.19. The first kappa shape index (κ1) is 14.1. The topological polar surface area (TPSA) is 78.5 Å². The van der Waals surface area contributed by atoms with E-state index in [4.69, 9.17) is 5.73 Å². The van der Waals surface area contributed by atoms with Gasteiger partial charge >= 0.3 is 0 Å². The van der Waals surface area contributed by atoms with Crippen molar-refractivity contribution in [2.24, 2.45) is 5.73 Å². The van der Waals surface area contributed by atoms with Gasteiger partial charge in [-0.15, -0.1) is 0 Å². The number of hydrogen-bond acceptors (Lipinski definition) is 4. The van der Waals surface area contributed by atoms with Gasteiger partial charge in [-0.05, 0) is 30.6 Å². The van der Waals surface area contributed by atoms with E-state index < -0.39 is 12.2 Å². The number of hydrogen-bond donors (Lipinski definition) is 4. The van der Waals surface area contributed by atoms with E-state index >= 15 is 0 Å². The van der Waals surface area contributed by atoms with Crippen LogP contribution in [-0.2, 0) is 6.54 Å². The molecule has 0 aliphatic heterocycles. The maximum atomic E-state index is 9.94. The van der Waals surface area contributed by atoms with Crippen molar-refractivity contribution in [2.75, 3.05) is 13.1 Å². The number of benzene rings is 1. The molecule has 0 aliphatic rings. The molecule has 0 fully saturated rings. The molecule has 5 N–H and O–H groups in total. The average Bonchev–Trinajstić information content (AvgIpc) is 2.36. The highest BCUT2D eigenvalue weighted by molar-refractivity contribution is 5.25. The number of nitrogens with two attached hydrogens (primary N) is 1. The SMILES string of the molecule is CCNCc1cccc(C(O)C(O)CCN)c1. The van der Waals surface area contributed by atoms with Crippen LogP contribution in [0.1, 0.15) is 30.6 Å². The van der Waals surface area contributed by atoms with Gasteiger partial charge in [-0.1, -0.05) is 31.2 Å². The lowest BCUT2D eigenvalue weighted by atomic mass is 10.00. The van der Waals surface area contributed by atoms with Gasteiger partial charge in [-0.2, -0.15) is 0 Å². The molecule has 0 spiro atoms. The van der Waals surface area contributed by atoms with Gasteiger partial charge in [-0.25, -0.2) is 0 Å². The summed E-state index contributed by atoms with van der Waals surface area (Å²) in [6.45, 7) is 4.09. The van der Waals surface area contributed by atoms with Gasteiger partial charge in [0.15, 0.2) is 0 Å². The predicted octanol–water partition coefficient (Wildman–Crippen LogP) is 0.539. The monoisotopic (exact) mass is 238 g/mol. The highest BCUT2D eigenvalue weighted by atomic mass is 16.3. The lowest BCUT2D eigenvalue weighted by Gasteiger charge is -2.18. The van der Waals surface area contributed by atoms with Crippen LogP contribution in [0.25, 0.3) is 0 Å². The van der Waals surface area contributed by atoms with Crippen molar-refractivity contribution < 1.29 is 10.2 Å². The molecule has 0 aliphatic carbocycles. The highest BCUT2D eigenvalue weighted by Gasteiger charge is 2.17. The Morgan fingerprint density at radius 1 is 1.35 bits per heavy atom. The van der Waals surface area contributed by atoms with Crippen molar-refractivity contribution in [3.8, 4) is 0 Å². The maximum Gasteiger partial charge on any atom is 0.105 e. The molecule has 2 atom stereocenters. The quantitative estimate of drug-likeness (QED) is 0.559. The van der Waals surface area contributed by atoms with Gasteiger partial charge < -0.3 is 21.3 Å². The van der Waals surface area contributed by atoms with Crippen LogP contribution in [0.15, 0.2) is 24.3 Å². The second kappa shape index (κ2) is 7.40. The summed E-state index contributed by atoms with van der Waals surface area (Å²) in [6, 6.07) is 7.61. The number of aliphatic hydroxyl groups excluding tert-OH is 2. The zero-order chi connectivity index (χ0) is 12.7. The van der Waals surface area contributed by atoms with Crippen LogP contribution in [0.4, 0.5) is 0 Å². The molecular weight excluding hydrogens is 216 g/mol. The van der Waals surface area contributed by atoms with E-state index in [9.17, 15) is 10.2 Å². The molecule has 0 saturated carbocycles. The molecule has 0 radical (unpaired) electrons. The minimum absolute atomic E-state index is 0.370. The largest absolute Gasteiger partial charge is 0.390 e. The molecule has 4 nitrogen and oxygen atoms in total. The first-order valence-corrected chi connectivity index (χ1v) is 6.04. The molecule has 17 heavy (non-hydrogen) atoms. The number of rotatable bonds is 7. The summed E-state index contributed by atoms with van der Waals surface area (Å²) in [5, 5.41) is 22.9. The molecule has 0 bridgehead atoms. The van der Waals surface area contributed by atoms with Crippen LogP contribution in [-0.4, -0.2) is 29.4 Å². The third-order valence-corrected chi connectivity index (χ3v) is 2.70. The molecule has 0 amide bonds. The van der Waals surface area contributed by atoms with E-state index in [0.29, 0.717) is 13.0 Å². The Hall–Kier alpha value is -0.940. The third-order valence-electron chi connectivity index (χ3n) is 2.70. The minimum atomic E-state index is -0.861. The summed E-state index contributed by atoms with van der Waals surface area (Å²) >= 11 is 0. The fourth-order valence-electron chi connectivity index (χ4n) is 1.71. The van der Waals surface area contributed by atoms with Gasteiger partial charge in [0.05, 0.1) is 6.10 Å². The lowest BCUT2D eigenvalue weighted by Crippen LogP contribution is -2.22. The predicted molar refractivity (Wildman–Crippen MR) is 68.5 cm³/mol. The van der Waals surface area contributed by atoms with Crippen LogP contribution < -0.4 is 11.1 Å². The van der Waals surface area contributed by atoms with Crippen LogP contribution in [0, 0.1) is 0 Å². The molecule has 96 valence electrons. The fourth-order valence-corrected chi connectivity index (χ4v) is 1.71. The Morgan fingerprint density at radius 2 is 2.12 bits per heavy atom. The zero-order valence-electron chi connectivity index (χ0n) is 10.3. The van der Waals surface area contributed by atoms with Crippen molar-refractivity contribution in [3.05, 3.63) is 35.4 Å². The molecular formula is C13H22N2O2. The molecule has 0 saturated heterocycles. The normalized spacial score (nSPS) is 14.6. The molecule has 4 heteroatoms. The van der Waals surface area contributed by atoms with Gasteiger partial charge in [0.1, 0.15) is 6.10 Å². The first-order valence-electron chi connectivity index (χ1n) is 6.04. The van der Waals surface area contributed by atoms with E-state index in [2.05, 4.69) is 5.32 Å². The summed E-state index contributed by atoms with van der Waals surface area (Å²) in [7, 11) is 0. The van der Waals surface area contributed by atoms with Crippen molar-refractivity contribution in [1.29, 1.82) is 0 Å². The molecule has 1 rings (SSSR count). The Balaban J connectivity index is 2.69. The Morgan fingerprint density at radius 3 is 2.76 bits per heavy atom. The maximum absolute atomic E-state index is 9.94. The smallest absolute Gasteiger partial charge is 0.105 e. The van der Waals surface area contributed by atoms with Crippen molar-refractivity contribution >= 4 is 0 Å². The van der Waals surface area contributed by atoms with Crippen LogP contribution in [0.5, 0.6) is 0 Å². The number of nitrogens with one attached hydrogen (secondary N) is 1. The van der Waals surface area contributed by atoms with E-state index in [-0.39, 0.29) is 0 Å². The van der Waals surface area contributed by atoms with E-state index in [1.165, 1.54) is 0 Å². The molecule has 2 unspecified atom stereocenters. The fraction of sp³-hybridized carbons (Fsp3) is 0.538. The van der Waals surface area contributed by atoms with Gasteiger partial charge in [0.25, 0.3) is 0 Å². The summed E-state index contributed by atoms with van der Waals surface area (Å²) in [4.78, 5) is 0. The lowest BCUT2D eigenvalue weighted by molar-refractivity contribution is 0.0150. The van der Waals surface area contributed by atoms with Crippen molar-refractivity contribution in [1.82, 2.24) is 5.32 Å². The van der Waals surface area contributed by atoms with E-state index in [1.807, 2.05) is 31.2 Å². The zero-order valence-corrected chi connectivity index (χ0v) is 10.3. The second-order valence-corrected chi connectivity index (χ2v) is 4.11. The Kier molecular flexibility index (Phi) is 6.15. The van der Waals surface area contributed by atoms with Crippen molar-refractivity contribution in [2.45, 2.75) is 32.1 Å². The van der Waals surface area contributed by atoms with Crippen LogP contribution >= 0.6 is 0 Å². The van der Waals surface area contributed by atoms with Gasteiger partial charge in [0.2, 0.25) is 0 Å². The summed E-state index contributed by atoms with van der Waals surface area (Å²) < 4.78 is 0. The van der Waals surface area contributed by atoms with E-state index in [0.717, 1.165) is 24.2 Å². The Bertz CT molecular complexity index is 331. The minimum Gasteiger partial charge on any atom is -0.390 e. The third kappa shape index (κ3) is 4.44. The van der Waals surface area contributed by atoms with Crippen molar-refractivity contribution in [3.63, 3.8) is 0 Å². The summed E-state index contributed by atoms with van der Waals surface area (Å²) in [5.41, 5.74) is 7.20.